The number of carbonyl (C=O) groups excluding carboxylic acids is 2. The molecule has 0 saturated carbocycles. The maximum atomic E-state index is 12.5. The van der Waals surface area contributed by atoms with Crippen molar-refractivity contribution in [1.82, 2.24) is 5.43 Å². The molecule has 1 heterocycles. The number of hydrogen-bond donors (Lipinski definition) is 1. The van der Waals surface area contributed by atoms with Gasteiger partial charge in [-0.05, 0) is 36.1 Å². The number of halogens is 2. The van der Waals surface area contributed by atoms with E-state index in [0.29, 0.717) is 28.6 Å². The zero-order valence-corrected chi connectivity index (χ0v) is 15.7. The van der Waals surface area contributed by atoms with Crippen LogP contribution in [0, 0.1) is 0 Å². The number of hydrogen-bond acceptors (Lipinski definition) is 4. The molecular formula is C19H18Cl2N2O3. The predicted molar refractivity (Wildman–Crippen MR) is 101 cm³/mol. The lowest BCUT2D eigenvalue weighted by Gasteiger charge is -2.37. The normalized spacial score (nSPS) is 16.0. The molecule has 136 valence electrons. The number of methoxy groups -OCH3 is 1. The molecule has 0 radical (unpaired) electrons. The van der Waals surface area contributed by atoms with Crippen LogP contribution in [0.15, 0.2) is 42.5 Å². The van der Waals surface area contributed by atoms with Crippen molar-refractivity contribution in [3.63, 3.8) is 0 Å². The highest BCUT2D eigenvalue weighted by molar-refractivity contribution is 6.35. The standard InChI is InChI=1S/C19H18Cl2N2O3/c1-26-19(25)16-8-7-14-15(21)10-13(20)11-17(14)23(16)22-18(24)9-12-5-3-2-4-6-12/h2-6,10-11,16H,7-9H2,1H3,(H,22,24). The van der Waals surface area contributed by atoms with Crippen molar-refractivity contribution in [3.8, 4) is 0 Å². The van der Waals surface area contributed by atoms with Crippen LogP contribution in [-0.4, -0.2) is 25.0 Å². The van der Waals surface area contributed by atoms with Gasteiger partial charge in [0.05, 0.1) is 19.2 Å². The van der Waals surface area contributed by atoms with E-state index in [4.69, 9.17) is 27.9 Å². The van der Waals surface area contributed by atoms with E-state index in [1.54, 1.807) is 12.1 Å². The lowest BCUT2D eigenvalue weighted by molar-refractivity contribution is -0.142. The van der Waals surface area contributed by atoms with E-state index in [1.165, 1.54) is 12.1 Å². The molecule has 1 aliphatic heterocycles. The molecule has 1 amide bonds. The number of esters is 1. The molecule has 1 unspecified atom stereocenters. The highest BCUT2D eigenvalue weighted by atomic mass is 35.5. The number of fused-ring (bicyclic) bond motifs is 1. The number of amides is 1. The van der Waals surface area contributed by atoms with E-state index in [-0.39, 0.29) is 12.3 Å². The minimum atomic E-state index is -0.637. The highest BCUT2D eigenvalue weighted by Crippen LogP contribution is 2.37. The van der Waals surface area contributed by atoms with Gasteiger partial charge in [-0.2, -0.15) is 0 Å². The van der Waals surface area contributed by atoms with Gasteiger partial charge in [-0.1, -0.05) is 53.5 Å². The maximum absolute atomic E-state index is 12.5. The van der Waals surface area contributed by atoms with Crippen molar-refractivity contribution in [2.45, 2.75) is 25.3 Å². The van der Waals surface area contributed by atoms with Gasteiger partial charge in [0.15, 0.2) is 0 Å². The molecule has 0 saturated heterocycles. The molecule has 2 aromatic rings. The zero-order valence-electron chi connectivity index (χ0n) is 14.2. The van der Waals surface area contributed by atoms with E-state index in [1.807, 2.05) is 30.3 Å². The van der Waals surface area contributed by atoms with Crippen LogP contribution >= 0.6 is 23.2 Å². The lowest BCUT2D eigenvalue weighted by atomic mass is 9.97. The van der Waals surface area contributed by atoms with Crippen LogP contribution < -0.4 is 10.4 Å². The third kappa shape index (κ3) is 3.94. The van der Waals surface area contributed by atoms with Crippen LogP contribution in [0.3, 0.4) is 0 Å². The third-order valence-corrected chi connectivity index (χ3v) is 4.86. The van der Waals surface area contributed by atoms with Gasteiger partial charge in [-0.25, -0.2) is 4.79 Å². The van der Waals surface area contributed by atoms with Crippen LogP contribution in [0.2, 0.25) is 10.0 Å². The van der Waals surface area contributed by atoms with Gasteiger partial charge in [0, 0.05) is 10.0 Å². The summed E-state index contributed by atoms with van der Waals surface area (Å²) in [6.07, 6.45) is 1.26. The molecule has 2 aromatic carbocycles. The number of nitrogens with one attached hydrogen (secondary N) is 1. The van der Waals surface area contributed by atoms with Gasteiger partial charge in [0.2, 0.25) is 5.91 Å². The Balaban J connectivity index is 1.90. The van der Waals surface area contributed by atoms with Crippen LogP contribution in [0.1, 0.15) is 17.5 Å². The summed E-state index contributed by atoms with van der Waals surface area (Å²) >= 11 is 12.4. The lowest BCUT2D eigenvalue weighted by Crippen LogP contribution is -2.55. The highest BCUT2D eigenvalue weighted by Gasteiger charge is 2.34. The molecule has 1 N–H and O–H groups in total. The Morgan fingerprint density at radius 3 is 2.65 bits per heavy atom. The minimum absolute atomic E-state index is 0.189. The smallest absolute Gasteiger partial charge is 0.330 e. The first-order valence-corrected chi connectivity index (χ1v) is 8.93. The molecule has 26 heavy (non-hydrogen) atoms. The number of carbonyl (C=O) groups is 2. The Kier molecular flexibility index (Phi) is 5.69. The second kappa shape index (κ2) is 7.98. The van der Waals surface area contributed by atoms with E-state index < -0.39 is 12.0 Å². The summed E-state index contributed by atoms with van der Waals surface area (Å²) in [5, 5.41) is 2.47. The van der Waals surface area contributed by atoms with Crippen LogP contribution in [0.5, 0.6) is 0 Å². The average molecular weight is 393 g/mol. The summed E-state index contributed by atoms with van der Waals surface area (Å²) in [7, 11) is 1.33. The zero-order chi connectivity index (χ0) is 18.7. The summed E-state index contributed by atoms with van der Waals surface area (Å²) in [6.45, 7) is 0. The molecule has 3 rings (SSSR count). The van der Waals surface area contributed by atoms with Crippen molar-refractivity contribution < 1.29 is 14.3 Å². The van der Waals surface area contributed by atoms with E-state index in [2.05, 4.69) is 5.43 Å². The Morgan fingerprint density at radius 2 is 1.96 bits per heavy atom. The first kappa shape index (κ1) is 18.5. The minimum Gasteiger partial charge on any atom is -0.467 e. The summed E-state index contributed by atoms with van der Waals surface area (Å²) in [6, 6.07) is 12.1. The number of nitrogens with zero attached hydrogens (tertiary/aromatic N) is 1. The molecule has 0 fully saturated rings. The Hall–Kier alpha value is -2.24. The van der Waals surface area contributed by atoms with Crippen LogP contribution in [0.25, 0.3) is 0 Å². The first-order valence-electron chi connectivity index (χ1n) is 8.18. The second-order valence-electron chi connectivity index (χ2n) is 6.03. The average Bonchev–Trinajstić information content (AvgIpc) is 2.62. The first-order chi connectivity index (χ1) is 12.5. The maximum Gasteiger partial charge on any atom is 0.330 e. The SMILES string of the molecule is COC(=O)C1CCc2c(Cl)cc(Cl)cc2N1NC(=O)Cc1ccccc1. The number of benzene rings is 2. The second-order valence-corrected chi connectivity index (χ2v) is 6.87. The van der Waals surface area contributed by atoms with E-state index in [0.717, 1.165) is 11.1 Å². The fourth-order valence-electron chi connectivity index (χ4n) is 3.08. The van der Waals surface area contributed by atoms with Gasteiger partial charge in [0.25, 0.3) is 0 Å². The van der Waals surface area contributed by atoms with Gasteiger partial charge < -0.3 is 4.74 Å². The predicted octanol–water partition coefficient (Wildman–Crippen LogP) is 3.56. The van der Waals surface area contributed by atoms with Crippen LogP contribution in [-0.2, 0) is 27.2 Å². The molecule has 5 nitrogen and oxygen atoms in total. The van der Waals surface area contributed by atoms with Gasteiger partial charge in [0.1, 0.15) is 6.04 Å². The molecule has 0 spiro atoms. The number of anilines is 1. The summed E-state index contributed by atoms with van der Waals surface area (Å²) in [5.41, 5.74) is 5.16. The molecular weight excluding hydrogens is 375 g/mol. The summed E-state index contributed by atoms with van der Waals surface area (Å²) in [4.78, 5) is 24.8. The van der Waals surface area contributed by atoms with Gasteiger partial charge in [-0.15, -0.1) is 0 Å². The number of hydrazine groups is 1. The van der Waals surface area contributed by atoms with Crippen molar-refractivity contribution in [2.24, 2.45) is 0 Å². The van der Waals surface area contributed by atoms with Crippen molar-refractivity contribution >= 4 is 40.8 Å². The molecule has 0 bridgehead atoms. The Bertz CT molecular complexity index is 827. The molecule has 0 aromatic heterocycles. The van der Waals surface area contributed by atoms with E-state index >= 15 is 0 Å². The number of rotatable bonds is 4. The largest absolute Gasteiger partial charge is 0.467 e. The summed E-state index contributed by atoms with van der Waals surface area (Å²) in [5.74, 6) is -0.666. The third-order valence-electron chi connectivity index (χ3n) is 4.30. The molecule has 1 atom stereocenters. The Morgan fingerprint density at radius 1 is 1.23 bits per heavy atom. The fraction of sp³-hybridized carbons (Fsp3) is 0.263. The van der Waals surface area contributed by atoms with E-state index in [9.17, 15) is 9.59 Å². The topological polar surface area (TPSA) is 58.6 Å². The monoisotopic (exact) mass is 392 g/mol. The number of ether oxygens (including phenoxy) is 1. The van der Waals surface area contributed by atoms with Gasteiger partial charge in [-0.3, -0.25) is 15.2 Å². The summed E-state index contributed by atoms with van der Waals surface area (Å²) < 4.78 is 4.90. The van der Waals surface area contributed by atoms with Crippen molar-refractivity contribution in [2.75, 3.05) is 12.1 Å². The fourth-order valence-corrected chi connectivity index (χ4v) is 3.66. The molecule has 7 heteroatoms. The molecule has 1 aliphatic rings. The van der Waals surface area contributed by atoms with Gasteiger partial charge >= 0.3 is 5.97 Å². The molecule has 0 aliphatic carbocycles. The van der Waals surface area contributed by atoms with Crippen molar-refractivity contribution in [1.29, 1.82) is 0 Å². The quantitative estimate of drug-likeness (QED) is 0.808. The van der Waals surface area contributed by atoms with Crippen LogP contribution in [0.4, 0.5) is 5.69 Å². The van der Waals surface area contributed by atoms with Crippen molar-refractivity contribution in [3.05, 3.63) is 63.6 Å². The Labute approximate surface area is 161 Å².